The van der Waals surface area contributed by atoms with Crippen molar-refractivity contribution in [2.75, 3.05) is 17.7 Å². The molecule has 0 saturated heterocycles. The number of ether oxygens (including phenoxy) is 1. The number of para-hydroxylation sites is 1. The van der Waals surface area contributed by atoms with Crippen molar-refractivity contribution in [3.8, 4) is 16.9 Å². The minimum absolute atomic E-state index is 0.304. The first-order valence-corrected chi connectivity index (χ1v) is 11.3. The van der Waals surface area contributed by atoms with Crippen molar-refractivity contribution in [1.29, 1.82) is 0 Å². The Bertz CT molecular complexity index is 1260. The van der Waals surface area contributed by atoms with Crippen molar-refractivity contribution in [3.63, 3.8) is 0 Å². The van der Waals surface area contributed by atoms with Crippen LogP contribution in [0.1, 0.15) is 5.56 Å². The second-order valence-electron chi connectivity index (χ2n) is 7.97. The highest BCUT2D eigenvalue weighted by atomic mass is 16.5. The molecule has 4 rings (SSSR count). The van der Waals surface area contributed by atoms with Gasteiger partial charge in [-0.15, -0.1) is 0 Å². The second kappa shape index (κ2) is 11.5. The molecule has 0 aliphatic rings. The molecule has 4 aromatic carbocycles. The fourth-order valence-electron chi connectivity index (χ4n) is 3.74. The third-order valence-electron chi connectivity index (χ3n) is 5.52. The van der Waals surface area contributed by atoms with Crippen LogP contribution in [0, 0.1) is 0 Å². The van der Waals surface area contributed by atoms with Gasteiger partial charge in [0.1, 0.15) is 11.8 Å². The van der Waals surface area contributed by atoms with E-state index in [1.807, 2.05) is 84.9 Å². The molecule has 35 heavy (non-hydrogen) atoms. The van der Waals surface area contributed by atoms with E-state index in [0.717, 1.165) is 16.7 Å². The number of methoxy groups -OCH3 is 1. The molecule has 3 amide bonds. The van der Waals surface area contributed by atoms with Crippen molar-refractivity contribution in [2.45, 2.75) is 12.5 Å². The minimum Gasteiger partial charge on any atom is -0.497 e. The van der Waals surface area contributed by atoms with Crippen LogP contribution in [-0.2, 0) is 11.2 Å². The van der Waals surface area contributed by atoms with E-state index in [4.69, 9.17) is 4.74 Å². The molecule has 6 nitrogen and oxygen atoms in total. The van der Waals surface area contributed by atoms with Crippen molar-refractivity contribution < 1.29 is 14.3 Å². The lowest BCUT2D eigenvalue weighted by Gasteiger charge is -2.20. The summed E-state index contributed by atoms with van der Waals surface area (Å²) in [6.07, 6.45) is 0.343. The van der Waals surface area contributed by atoms with Crippen molar-refractivity contribution in [2.24, 2.45) is 0 Å². The van der Waals surface area contributed by atoms with Gasteiger partial charge in [0.15, 0.2) is 0 Å². The second-order valence-corrected chi connectivity index (χ2v) is 7.97. The Morgan fingerprint density at radius 2 is 1.37 bits per heavy atom. The third kappa shape index (κ3) is 6.48. The van der Waals surface area contributed by atoms with Crippen LogP contribution in [-0.4, -0.2) is 25.1 Å². The van der Waals surface area contributed by atoms with Gasteiger partial charge >= 0.3 is 6.03 Å². The van der Waals surface area contributed by atoms with Gasteiger partial charge in [0.2, 0.25) is 5.91 Å². The fraction of sp³-hybridized carbons (Fsp3) is 0.103. The number of amides is 3. The van der Waals surface area contributed by atoms with Crippen molar-refractivity contribution >= 4 is 23.3 Å². The Kier molecular flexibility index (Phi) is 7.76. The van der Waals surface area contributed by atoms with Gasteiger partial charge in [0.25, 0.3) is 0 Å². The Labute approximate surface area is 205 Å². The first-order chi connectivity index (χ1) is 17.1. The number of hydrogen-bond donors (Lipinski definition) is 3. The quantitative estimate of drug-likeness (QED) is 0.311. The van der Waals surface area contributed by atoms with E-state index in [0.29, 0.717) is 23.5 Å². The van der Waals surface area contributed by atoms with Crippen LogP contribution in [0.4, 0.5) is 16.2 Å². The predicted octanol–water partition coefficient (Wildman–Crippen LogP) is 5.73. The van der Waals surface area contributed by atoms with E-state index < -0.39 is 12.1 Å². The Balaban J connectivity index is 1.52. The number of anilines is 2. The van der Waals surface area contributed by atoms with Crippen LogP contribution >= 0.6 is 0 Å². The normalized spacial score (nSPS) is 11.2. The van der Waals surface area contributed by atoms with Crippen LogP contribution in [0.5, 0.6) is 5.75 Å². The summed E-state index contributed by atoms with van der Waals surface area (Å²) in [5.74, 6) is 0.386. The highest BCUT2D eigenvalue weighted by Crippen LogP contribution is 2.27. The van der Waals surface area contributed by atoms with Crippen LogP contribution in [0.15, 0.2) is 109 Å². The average molecular weight is 466 g/mol. The topological polar surface area (TPSA) is 79.5 Å². The Morgan fingerprint density at radius 3 is 2.06 bits per heavy atom. The maximum Gasteiger partial charge on any atom is 0.319 e. The summed E-state index contributed by atoms with van der Waals surface area (Å²) in [4.78, 5) is 26.2. The number of carbonyl (C=O) groups is 2. The Morgan fingerprint density at radius 1 is 0.743 bits per heavy atom. The molecule has 0 saturated carbocycles. The lowest BCUT2D eigenvalue weighted by molar-refractivity contribution is -0.117. The first kappa shape index (κ1) is 23.6. The number of benzene rings is 4. The monoisotopic (exact) mass is 465 g/mol. The van der Waals surface area contributed by atoms with E-state index in [1.165, 1.54) is 0 Å². The summed E-state index contributed by atoms with van der Waals surface area (Å²) in [5.41, 5.74) is 4.11. The molecule has 176 valence electrons. The summed E-state index contributed by atoms with van der Waals surface area (Å²) >= 11 is 0. The van der Waals surface area contributed by atoms with Gasteiger partial charge in [-0.1, -0.05) is 78.9 Å². The smallest absolute Gasteiger partial charge is 0.319 e. The van der Waals surface area contributed by atoms with E-state index in [2.05, 4.69) is 16.0 Å². The molecule has 0 aliphatic heterocycles. The largest absolute Gasteiger partial charge is 0.497 e. The fourth-order valence-corrected chi connectivity index (χ4v) is 3.74. The summed E-state index contributed by atoms with van der Waals surface area (Å²) < 4.78 is 5.15. The predicted molar refractivity (Wildman–Crippen MR) is 140 cm³/mol. The molecule has 0 spiro atoms. The maximum absolute atomic E-state index is 13.4. The average Bonchev–Trinajstić information content (AvgIpc) is 2.90. The molecule has 0 aliphatic carbocycles. The van der Waals surface area contributed by atoms with Crippen LogP contribution in [0.2, 0.25) is 0 Å². The molecule has 1 atom stereocenters. The zero-order chi connectivity index (χ0) is 24.5. The SMILES string of the molecule is COc1ccc(NC(=O)NC(Cc2ccccc2)C(=O)Nc2ccccc2-c2ccccc2)cc1. The van der Waals surface area contributed by atoms with Crippen LogP contribution in [0.3, 0.4) is 0 Å². The van der Waals surface area contributed by atoms with E-state index in [-0.39, 0.29) is 5.91 Å². The van der Waals surface area contributed by atoms with E-state index in [9.17, 15) is 9.59 Å². The molecule has 4 aromatic rings. The maximum atomic E-state index is 13.4. The molecule has 3 N–H and O–H groups in total. The van der Waals surface area contributed by atoms with Gasteiger partial charge in [-0.3, -0.25) is 4.79 Å². The van der Waals surface area contributed by atoms with Gasteiger partial charge < -0.3 is 20.7 Å². The minimum atomic E-state index is -0.792. The third-order valence-corrected chi connectivity index (χ3v) is 5.52. The van der Waals surface area contributed by atoms with E-state index >= 15 is 0 Å². The first-order valence-electron chi connectivity index (χ1n) is 11.3. The summed E-state index contributed by atoms with van der Waals surface area (Å²) in [6.45, 7) is 0. The number of hydrogen-bond acceptors (Lipinski definition) is 3. The molecule has 6 heteroatoms. The van der Waals surface area contributed by atoms with E-state index in [1.54, 1.807) is 31.4 Å². The van der Waals surface area contributed by atoms with Gasteiger partial charge in [0, 0.05) is 23.4 Å². The lowest BCUT2D eigenvalue weighted by Crippen LogP contribution is -2.47. The van der Waals surface area contributed by atoms with Crippen molar-refractivity contribution in [1.82, 2.24) is 5.32 Å². The number of urea groups is 1. The van der Waals surface area contributed by atoms with Gasteiger partial charge in [-0.2, -0.15) is 0 Å². The molecule has 0 fully saturated rings. The van der Waals surface area contributed by atoms with Crippen molar-refractivity contribution in [3.05, 3.63) is 115 Å². The number of carbonyl (C=O) groups excluding carboxylic acids is 2. The number of nitrogens with one attached hydrogen (secondary N) is 3. The summed E-state index contributed by atoms with van der Waals surface area (Å²) in [6, 6.07) is 32.8. The highest BCUT2D eigenvalue weighted by Gasteiger charge is 2.22. The van der Waals surface area contributed by atoms with Crippen LogP contribution < -0.4 is 20.7 Å². The molecule has 1 unspecified atom stereocenters. The molecule has 0 bridgehead atoms. The summed E-state index contributed by atoms with van der Waals surface area (Å²) in [7, 11) is 1.58. The zero-order valence-corrected chi connectivity index (χ0v) is 19.4. The van der Waals surface area contributed by atoms with Crippen LogP contribution in [0.25, 0.3) is 11.1 Å². The molecule has 0 heterocycles. The number of rotatable bonds is 8. The Hall–Kier alpha value is -4.58. The van der Waals surface area contributed by atoms with Gasteiger partial charge in [-0.05, 0) is 41.5 Å². The van der Waals surface area contributed by atoms with Gasteiger partial charge in [0.05, 0.1) is 7.11 Å². The molecular weight excluding hydrogens is 438 g/mol. The lowest BCUT2D eigenvalue weighted by atomic mass is 10.0. The summed E-state index contributed by atoms with van der Waals surface area (Å²) in [5, 5.41) is 8.62. The highest BCUT2D eigenvalue weighted by molar-refractivity contribution is 6.01. The molecular formula is C29H27N3O3. The standard InChI is InChI=1S/C29H27N3O3/c1-35-24-18-16-23(17-19-24)30-29(34)32-27(20-21-10-4-2-5-11-21)28(33)31-26-15-9-8-14-25(26)22-12-6-3-7-13-22/h2-19,27H,20H2,1H3,(H,31,33)(H2,30,32,34). The van der Waals surface area contributed by atoms with Gasteiger partial charge in [-0.25, -0.2) is 4.79 Å². The zero-order valence-electron chi connectivity index (χ0n) is 19.4. The molecule has 0 aromatic heterocycles. The molecule has 0 radical (unpaired) electrons.